The second-order valence-corrected chi connectivity index (χ2v) is 3.72. The third-order valence-corrected chi connectivity index (χ3v) is 2.28. The molecule has 1 atom stereocenters. The molecule has 1 heterocycles. The van der Waals surface area contributed by atoms with Crippen LogP contribution >= 0.6 is 0 Å². The lowest BCUT2D eigenvalue weighted by atomic mass is 10.3. The molecule has 0 aliphatic carbocycles. The van der Waals surface area contributed by atoms with Gasteiger partial charge in [0.05, 0.1) is 12.7 Å². The Morgan fingerprint density at radius 2 is 2.31 bits per heavy atom. The molecule has 0 saturated carbocycles. The highest BCUT2D eigenvalue weighted by atomic mass is 16.5. The maximum absolute atomic E-state index is 9.57. The van der Waals surface area contributed by atoms with Gasteiger partial charge in [-0.1, -0.05) is 6.07 Å². The van der Waals surface area contributed by atoms with E-state index in [1.807, 2.05) is 24.1 Å². The van der Waals surface area contributed by atoms with E-state index in [-0.39, 0.29) is 0 Å². The summed E-state index contributed by atoms with van der Waals surface area (Å²) in [6.45, 7) is 1.30. The second kappa shape index (κ2) is 6.42. The van der Waals surface area contributed by atoms with Crippen LogP contribution in [-0.4, -0.2) is 43.5 Å². The predicted octanol–water partition coefficient (Wildman–Crippen LogP) is -0.0162. The molecule has 0 amide bonds. The summed E-state index contributed by atoms with van der Waals surface area (Å²) in [4.78, 5) is 6.14. The SMILES string of the molecule is COCC(O)CN(C)c1ccc(CN)cn1. The maximum Gasteiger partial charge on any atom is 0.128 e. The molecule has 0 fully saturated rings. The van der Waals surface area contributed by atoms with Crippen LogP contribution in [0.5, 0.6) is 0 Å². The van der Waals surface area contributed by atoms with E-state index in [0.717, 1.165) is 11.4 Å². The van der Waals surface area contributed by atoms with Gasteiger partial charge in [0.25, 0.3) is 0 Å². The molecular formula is C11H19N3O2. The van der Waals surface area contributed by atoms with Gasteiger partial charge in [-0.3, -0.25) is 0 Å². The Bertz CT molecular complexity index is 303. The van der Waals surface area contributed by atoms with Crippen LogP contribution in [0.25, 0.3) is 0 Å². The summed E-state index contributed by atoms with van der Waals surface area (Å²) in [6, 6.07) is 3.82. The third-order valence-electron chi connectivity index (χ3n) is 2.28. The molecule has 3 N–H and O–H groups in total. The topological polar surface area (TPSA) is 71.6 Å². The number of ether oxygens (including phenoxy) is 1. The standard InChI is InChI=1S/C11H19N3O2/c1-14(7-10(15)8-16-2)11-4-3-9(5-12)6-13-11/h3-4,6,10,15H,5,7-8,12H2,1-2H3. The molecule has 0 bridgehead atoms. The molecule has 5 nitrogen and oxygen atoms in total. The van der Waals surface area contributed by atoms with Crippen LogP contribution in [0.2, 0.25) is 0 Å². The number of anilines is 1. The number of aromatic nitrogens is 1. The monoisotopic (exact) mass is 225 g/mol. The average Bonchev–Trinajstić information content (AvgIpc) is 2.29. The molecule has 1 unspecified atom stereocenters. The van der Waals surface area contributed by atoms with Crippen LogP contribution in [0, 0.1) is 0 Å². The fourth-order valence-electron chi connectivity index (χ4n) is 1.42. The van der Waals surface area contributed by atoms with Gasteiger partial charge >= 0.3 is 0 Å². The van der Waals surface area contributed by atoms with Crippen molar-refractivity contribution in [3.05, 3.63) is 23.9 Å². The van der Waals surface area contributed by atoms with Gasteiger partial charge in [0.1, 0.15) is 5.82 Å². The summed E-state index contributed by atoms with van der Waals surface area (Å²) in [6.07, 6.45) is 1.24. The molecule has 1 aromatic heterocycles. The number of likely N-dealkylation sites (N-methyl/N-ethyl adjacent to an activating group) is 1. The molecule has 0 aliphatic rings. The molecule has 16 heavy (non-hydrogen) atoms. The van der Waals surface area contributed by atoms with Crippen molar-refractivity contribution in [2.24, 2.45) is 5.73 Å². The van der Waals surface area contributed by atoms with Crippen LogP contribution in [0.15, 0.2) is 18.3 Å². The summed E-state index contributed by atoms with van der Waals surface area (Å²) >= 11 is 0. The number of nitrogens with two attached hydrogens (primary N) is 1. The highest BCUT2D eigenvalue weighted by Gasteiger charge is 2.09. The lowest BCUT2D eigenvalue weighted by Gasteiger charge is -2.21. The number of pyridine rings is 1. The molecule has 5 heteroatoms. The highest BCUT2D eigenvalue weighted by molar-refractivity contribution is 5.38. The maximum atomic E-state index is 9.57. The largest absolute Gasteiger partial charge is 0.389 e. The fourth-order valence-corrected chi connectivity index (χ4v) is 1.42. The Balaban J connectivity index is 2.55. The first-order valence-electron chi connectivity index (χ1n) is 5.20. The van der Waals surface area contributed by atoms with Crippen molar-refractivity contribution in [1.29, 1.82) is 0 Å². The Kier molecular flexibility index (Phi) is 5.18. The summed E-state index contributed by atoms with van der Waals surface area (Å²) in [5.74, 6) is 0.812. The molecule has 0 aromatic carbocycles. The number of rotatable bonds is 6. The zero-order valence-electron chi connectivity index (χ0n) is 9.76. The van der Waals surface area contributed by atoms with Gasteiger partial charge in [-0.2, -0.15) is 0 Å². The van der Waals surface area contributed by atoms with E-state index in [9.17, 15) is 5.11 Å². The zero-order valence-corrected chi connectivity index (χ0v) is 9.76. The number of hydrogen-bond donors (Lipinski definition) is 2. The van der Waals surface area contributed by atoms with Gasteiger partial charge in [0.15, 0.2) is 0 Å². The quantitative estimate of drug-likeness (QED) is 0.712. The number of hydrogen-bond acceptors (Lipinski definition) is 5. The first kappa shape index (κ1) is 12.9. The molecule has 1 aromatic rings. The van der Waals surface area contributed by atoms with E-state index in [1.165, 1.54) is 0 Å². The van der Waals surface area contributed by atoms with Gasteiger partial charge in [0, 0.05) is 33.4 Å². The lowest BCUT2D eigenvalue weighted by Crippen LogP contribution is -2.32. The molecule has 0 aliphatic heterocycles. The predicted molar refractivity (Wildman–Crippen MR) is 63.3 cm³/mol. The van der Waals surface area contributed by atoms with E-state index in [2.05, 4.69) is 4.98 Å². The zero-order chi connectivity index (χ0) is 12.0. The molecular weight excluding hydrogens is 206 g/mol. The summed E-state index contributed by atoms with van der Waals surface area (Å²) in [5.41, 5.74) is 6.48. The minimum Gasteiger partial charge on any atom is -0.389 e. The van der Waals surface area contributed by atoms with E-state index in [1.54, 1.807) is 13.3 Å². The van der Waals surface area contributed by atoms with Crippen LogP contribution in [0.4, 0.5) is 5.82 Å². The minimum atomic E-state index is -0.508. The van der Waals surface area contributed by atoms with Crippen molar-refractivity contribution < 1.29 is 9.84 Å². The summed E-state index contributed by atoms with van der Waals surface area (Å²) in [7, 11) is 3.45. The Morgan fingerprint density at radius 3 is 2.81 bits per heavy atom. The van der Waals surface area contributed by atoms with Crippen molar-refractivity contribution in [2.75, 3.05) is 32.2 Å². The molecule has 0 radical (unpaired) electrons. The van der Waals surface area contributed by atoms with Crippen LogP contribution in [0.3, 0.4) is 0 Å². The van der Waals surface area contributed by atoms with Gasteiger partial charge in [0.2, 0.25) is 0 Å². The number of aliphatic hydroxyl groups is 1. The molecule has 0 saturated heterocycles. The Hall–Kier alpha value is -1.17. The molecule has 0 spiro atoms. The van der Waals surface area contributed by atoms with Crippen molar-refractivity contribution in [3.63, 3.8) is 0 Å². The smallest absolute Gasteiger partial charge is 0.128 e. The van der Waals surface area contributed by atoms with E-state index >= 15 is 0 Å². The fraction of sp³-hybridized carbons (Fsp3) is 0.545. The first-order chi connectivity index (χ1) is 7.67. The Morgan fingerprint density at radius 1 is 1.56 bits per heavy atom. The summed E-state index contributed by atoms with van der Waals surface area (Å²) in [5, 5.41) is 9.57. The average molecular weight is 225 g/mol. The Labute approximate surface area is 95.8 Å². The third kappa shape index (κ3) is 3.77. The van der Waals surface area contributed by atoms with Crippen molar-refractivity contribution in [1.82, 2.24) is 4.98 Å². The van der Waals surface area contributed by atoms with Gasteiger partial charge < -0.3 is 20.5 Å². The van der Waals surface area contributed by atoms with Crippen LogP contribution in [0.1, 0.15) is 5.56 Å². The number of aliphatic hydroxyl groups excluding tert-OH is 1. The number of nitrogens with zero attached hydrogens (tertiary/aromatic N) is 2. The van der Waals surface area contributed by atoms with Crippen molar-refractivity contribution in [2.45, 2.75) is 12.6 Å². The minimum absolute atomic E-state index is 0.325. The van der Waals surface area contributed by atoms with E-state index < -0.39 is 6.10 Å². The summed E-state index contributed by atoms with van der Waals surface area (Å²) < 4.78 is 4.86. The molecule has 90 valence electrons. The van der Waals surface area contributed by atoms with Crippen LogP contribution in [-0.2, 0) is 11.3 Å². The van der Waals surface area contributed by atoms with Crippen molar-refractivity contribution in [3.8, 4) is 0 Å². The van der Waals surface area contributed by atoms with E-state index in [0.29, 0.717) is 19.7 Å². The van der Waals surface area contributed by atoms with Gasteiger partial charge in [-0.25, -0.2) is 4.98 Å². The normalized spacial score (nSPS) is 12.5. The lowest BCUT2D eigenvalue weighted by molar-refractivity contribution is 0.0694. The van der Waals surface area contributed by atoms with Gasteiger partial charge in [-0.05, 0) is 11.6 Å². The first-order valence-corrected chi connectivity index (χ1v) is 5.20. The van der Waals surface area contributed by atoms with Gasteiger partial charge in [-0.15, -0.1) is 0 Å². The second-order valence-electron chi connectivity index (χ2n) is 3.72. The van der Waals surface area contributed by atoms with E-state index in [4.69, 9.17) is 10.5 Å². The highest BCUT2D eigenvalue weighted by Crippen LogP contribution is 2.09. The number of methoxy groups -OCH3 is 1. The molecule has 1 rings (SSSR count). The van der Waals surface area contributed by atoms with Crippen molar-refractivity contribution >= 4 is 5.82 Å². The van der Waals surface area contributed by atoms with Crippen LogP contribution < -0.4 is 10.6 Å².